The van der Waals surface area contributed by atoms with Crippen molar-refractivity contribution in [2.45, 2.75) is 13.8 Å². The highest BCUT2D eigenvalue weighted by atomic mass is 32.2. The van der Waals surface area contributed by atoms with E-state index in [1.54, 1.807) is 41.5 Å². The van der Waals surface area contributed by atoms with Crippen molar-refractivity contribution in [2.75, 3.05) is 30.8 Å². The first-order valence-electron chi connectivity index (χ1n) is 8.62. The molecule has 8 nitrogen and oxygen atoms in total. The zero-order valence-electron chi connectivity index (χ0n) is 15.1. The molecule has 0 aromatic heterocycles. The van der Waals surface area contributed by atoms with Gasteiger partial charge in [0, 0.05) is 24.5 Å². The quantitative estimate of drug-likeness (QED) is 0.796. The number of benzene rings is 1. The molecule has 2 aliphatic heterocycles. The van der Waals surface area contributed by atoms with E-state index in [4.69, 9.17) is 9.47 Å². The van der Waals surface area contributed by atoms with Gasteiger partial charge < -0.3 is 19.7 Å². The molecule has 9 heteroatoms. The average molecular weight is 391 g/mol. The highest BCUT2D eigenvalue weighted by Gasteiger charge is 2.30. The van der Waals surface area contributed by atoms with Gasteiger partial charge in [0.1, 0.15) is 0 Å². The Kier molecular flexibility index (Phi) is 5.50. The summed E-state index contributed by atoms with van der Waals surface area (Å²) in [6.07, 6.45) is 4.94. The van der Waals surface area contributed by atoms with Crippen LogP contribution in [-0.2, 0) is 14.8 Å². The first kappa shape index (κ1) is 19.0. The maximum absolute atomic E-state index is 12.7. The fourth-order valence-corrected chi connectivity index (χ4v) is 3.71. The Bertz CT molecular complexity index is 934. The SMILES string of the molecule is CCOc1ccc(NC(=O)C2=CC=CN3CCS(=O)(=O)N=C23)cc1OCC. The van der Waals surface area contributed by atoms with Crippen molar-refractivity contribution in [1.29, 1.82) is 0 Å². The molecular formula is C18H21N3O5S. The summed E-state index contributed by atoms with van der Waals surface area (Å²) in [5.41, 5.74) is 0.695. The summed E-state index contributed by atoms with van der Waals surface area (Å²) in [7, 11) is -3.56. The van der Waals surface area contributed by atoms with Crippen molar-refractivity contribution in [3.63, 3.8) is 0 Å². The normalized spacial score (nSPS) is 17.5. The minimum Gasteiger partial charge on any atom is -0.490 e. The van der Waals surface area contributed by atoms with Crippen molar-refractivity contribution in [1.82, 2.24) is 4.90 Å². The smallest absolute Gasteiger partial charge is 0.259 e. The molecule has 2 heterocycles. The second-order valence-electron chi connectivity index (χ2n) is 5.80. The number of anilines is 1. The standard InChI is InChI=1S/C18H21N3O5S/c1-3-25-15-8-7-13(12-16(15)26-4-2)19-18(22)14-6-5-9-21-10-11-27(23,24)20-17(14)21/h5-9,12H,3-4,10-11H2,1-2H3,(H,19,22). The average Bonchev–Trinajstić information content (AvgIpc) is 2.63. The second-order valence-corrected chi connectivity index (χ2v) is 7.55. The molecular weight excluding hydrogens is 370 g/mol. The number of rotatable bonds is 6. The molecule has 2 aliphatic rings. The molecule has 1 aromatic rings. The molecule has 144 valence electrons. The van der Waals surface area contributed by atoms with Crippen molar-refractivity contribution >= 4 is 27.5 Å². The van der Waals surface area contributed by atoms with E-state index in [0.29, 0.717) is 30.4 Å². The van der Waals surface area contributed by atoms with Gasteiger partial charge in [-0.1, -0.05) is 0 Å². The number of sulfonamides is 1. The van der Waals surface area contributed by atoms with E-state index >= 15 is 0 Å². The van der Waals surface area contributed by atoms with E-state index in [1.165, 1.54) is 0 Å². The fraction of sp³-hybridized carbons (Fsp3) is 0.333. The fourth-order valence-electron chi connectivity index (χ4n) is 2.72. The van der Waals surface area contributed by atoms with Gasteiger partial charge in [0.15, 0.2) is 17.3 Å². The molecule has 1 aromatic carbocycles. The van der Waals surface area contributed by atoms with Crippen LogP contribution < -0.4 is 14.8 Å². The number of nitrogens with zero attached hydrogens (tertiary/aromatic N) is 2. The van der Waals surface area contributed by atoms with Crippen LogP contribution in [-0.4, -0.2) is 50.6 Å². The Labute approximate surface area is 158 Å². The predicted molar refractivity (Wildman–Crippen MR) is 103 cm³/mol. The van der Waals surface area contributed by atoms with E-state index < -0.39 is 15.9 Å². The summed E-state index contributed by atoms with van der Waals surface area (Å²) in [4.78, 5) is 14.4. The number of ether oxygens (including phenoxy) is 2. The number of fused-ring (bicyclic) bond motifs is 1. The van der Waals surface area contributed by atoms with Crippen LogP contribution in [0.15, 0.2) is 46.5 Å². The molecule has 27 heavy (non-hydrogen) atoms. The molecule has 0 bridgehead atoms. The van der Waals surface area contributed by atoms with Crippen LogP contribution in [0.1, 0.15) is 13.8 Å². The van der Waals surface area contributed by atoms with Crippen molar-refractivity contribution in [3.8, 4) is 11.5 Å². The zero-order valence-corrected chi connectivity index (χ0v) is 16.0. The van der Waals surface area contributed by atoms with Crippen LogP contribution in [0.2, 0.25) is 0 Å². The molecule has 0 saturated heterocycles. The molecule has 1 N–H and O–H groups in total. The summed E-state index contributed by atoms with van der Waals surface area (Å²) >= 11 is 0. The summed E-state index contributed by atoms with van der Waals surface area (Å²) in [5, 5.41) is 2.76. The van der Waals surface area contributed by atoms with Gasteiger partial charge in [-0.15, -0.1) is 4.40 Å². The van der Waals surface area contributed by atoms with Crippen LogP contribution in [0.3, 0.4) is 0 Å². The lowest BCUT2D eigenvalue weighted by atomic mass is 10.1. The summed E-state index contributed by atoms with van der Waals surface area (Å²) in [5.74, 6) is 0.718. The number of hydrogen-bond acceptors (Lipinski definition) is 6. The Morgan fingerprint density at radius 3 is 2.70 bits per heavy atom. The molecule has 1 amide bonds. The molecule has 0 aliphatic carbocycles. The van der Waals surface area contributed by atoms with Gasteiger partial charge >= 0.3 is 0 Å². The molecule has 0 unspecified atom stereocenters. The minimum atomic E-state index is -3.56. The maximum Gasteiger partial charge on any atom is 0.259 e. The van der Waals surface area contributed by atoms with Crippen molar-refractivity contribution in [2.24, 2.45) is 4.40 Å². The van der Waals surface area contributed by atoms with Gasteiger partial charge in [-0.25, -0.2) is 8.42 Å². The number of carbonyl (C=O) groups is 1. The van der Waals surface area contributed by atoms with E-state index in [-0.39, 0.29) is 23.7 Å². The zero-order chi connectivity index (χ0) is 19.4. The van der Waals surface area contributed by atoms with Crippen LogP contribution in [0.4, 0.5) is 5.69 Å². The van der Waals surface area contributed by atoms with Crippen LogP contribution in [0.25, 0.3) is 0 Å². The lowest BCUT2D eigenvalue weighted by Crippen LogP contribution is -2.40. The second kappa shape index (κ2) is 7.83. The Balaban J connectivity index is 1.84. The lowest BCUT2D eigenvalue weighted by Gasteiger charge is -2.28. The minimum absolute atomic E-state index is 0.0770. The lowest BCUT2D eigenvalue weighted by molar-refractivity contribution is -0.112. The molecule has 0 fully saturated rings. The molecule has 0 atom stereocenters. The Morgan fingerprint density at radius 1 is 1.22 bits per heavy atom. The monoisotopic (exact) mass is 391 g/mol. The molecule has 3 rings (SSSR count). The molecule has 0 saturated carbocycles. The number of hydrogen-bond donors (Lipinski definition) is 1. The Morgan fingerprint density at radius 2 is 1.96 bits per heavy atom. The van der Waals surface area contributed by atoms with Crippen LogP contribution in [0.5, 0.6) is 11.5 Å². The van der Waals surface area contributed by atoms with E-state index in [2.05, 4.69) is 9.71 Å². The third-order valence-corrected chi connectivity index (χ3v) is 5.05. The number of amidine groups is 1. The number of allylic oxidation sites excluding steroid dienone is 2. The number of nitrogens with one attached hydrogen (secondary N) is 1. The van der Waals surface area contributed by atoms with E-state index in [9.17, 15) is 13.2 Å². The van der Waals surface area contributed by atoms with Gasteiger partial charge in [-0.05, 0) is 38.1 Å². The first-order valence-corrected chi connectivity index (χ1v) is 10.2. The topological polar surface area (TPSA) is 97.3 Å². The van der Waals surface area contributed by atoms with Crippen molar-refractivity contribution < 1.29 is 22.7 Å². The van der Waals surface area contributed by atoms with Gasteiger partial charge in [-0.3, -0.25) is 4.79 Å². The third-order valence-electron chi connectivity index (χ3n) is 3.90. The highest BCUT2D eigenvalue weighted by molar-refractivity contribution is 7.90. The summed E-state index contributed by atoms with van der Waals surface area (Å²) in [6.45, 7) is 4.95. The molecule has 0 spiro atoms. The maximum atomic E-state index is 12.7. The van der Waals surface area contributed by atoms with Crippen LogP contribution >= 0.6 is 0 Å². The van der Waals surface area contributed by atoms with Gasteiger partial charge in [0.05, 0.1) is 24.5 Å². The van der Waals surface area contributed by atoms with Gasteiger partial charge in [-0.2, -0.15) is 0 Å². The highest BCUT2D eigenvalue weighted by Crippen LogP contribution is 2.31. The Hall–Kier alpha value is -2.81. The third kappa shape index (κ3) is 4.30. The van der Waals surface area contributed by atoms with E-state index in [0.717, 1.165) is 0 Å². The van der Waals surface area contributed by atoms with E-state index in [1.807, 2.05) is 13.8 Å². The largest absolute Gasteiger partial charge is 0.490 e. The summed E-state index contributed by atoms with van der Waals surface area (Å²) < 4.78 is 38.5. The van der Waals surface area contributed by atoms with Crippen LogP contribution in [0, 0.1) is 0 Å². The first-order chi connectivity index (χ1) is 12.9. The number of carbonyl (C=O) groups excluding carboxylic acids is 1. The summed E-state index contributed by atoms with van der Waals surface area (Å²) in [6, 6.07) is 5.08. The molecule has 0 radical (unpaired) electrons. The van der Waals surface area contributed by atoms with Gasteiger partial charge in [0.2, 0.25) is 0 Å². The predicted octanol–water partition coefficient (Wildman–Crippen LogP) is 1.92. The number of amides is 1. The van der Waals surface area contributed by atoms with Gasteiger partial charge in [0.25, 0.3) is 15.9 Å². The van der Waals surface area contributed by atoms with Crippen molar-refractivity contribution in [3.05, 3.63) is 42.1 Å².